The van der Waals surface area contributed by atoms with Crippen molar-refractivity contribution in [3.63, 3.8) is 0 Å². The van der Waals surface area contributed by atoms with E-state index in [2.05, 4.69) is 46.9 Å². The van der Waals surface area contributed by atoms with Gasteiger partial charge in [-0.1, -0.05) is 22.9 Å². The van der Waals surface area contributed by atoms with E-state index in [-0.39, 0.29) is 21.3 Å². The summed E-state index contributed by atoms with van der Waals surface area (Å²) in [5, 5.41) is 30.1. The number of halogens is 4. The lowest BCUT2D eigenvalue weighted by atomic mass is 10.0. The molecule has 6 N–H and O–H groups in total. The second-order valence-corrected chi connectivity index (χ2v) is 9.65. The summed E-state index contributed by atoms with van der Waals surface area (Å²) < 4.78 is 42.0. The van der Waals surface area contributed by atoms with Crippen molar-refractivity contribution in [2.45, 2.75) is 25.7 Å². The molecule has 210 valence electrons. The van der Waals surface area contributed by atoms with Gasteiger partial charge in [-0.3, -0.25) is 19.4 Å². The zero-order valence-corrected chi connectivity index (χ0v) is 22.0. The molecule has 1 unspecified atom stereocenters. The van der Waals surface area contributed by atoms with Gasteiger partial charge in [-0.15, -0.1) is 13.2 Å². The maximum Gasteiger partial charge on any atom is 0.573 e. The number of phenolic OH excluding ortho intramolecular Hbond substituents is 1. The predicted octanol–water partition coefficient (Wildman–Crippen LogP) is 3.12. The number of hydrogen-bond donors (Lipinski definition) is 6. The molecule has 0 bridgehead atoms. The van der Waals surface area contributed by atoms with Gasteiger partial charge in [0, 0.05) is 34.9 Å². The van der Waals surface area contributed by atoms with E-state index in [1.54, 1.807) is 0 Å². The number of hydrogen-bond acceptors (Lipinski definition) is 8. The number of phenols is 1. The SMILES string of the molecule is CC1CN=C(Nc2cc(O)cc(C(=O)NCC(=O)N[C@@H](CC(=O)O)c3cc(Br)cc(OC(F)(F)F)c3)c2)NC1. The lowest BCUT2D eigenvalue weighted by Crippen LogP contribution is -2.39. The molecule has 3 rings (SSSR count). The standard InChI is InChI=1S/C24H25BrF3N5O6/c1-12-9-30-23(31-10-12)32-16-3-14(4-17(34)7-16)22(38)29-11-20(35)33-19(8-21(36)37)13-2-15(25)6-18(5-13)39-24(26,27)28/h2-7,12,19,34H,8-11H2,1H3,(H,29,38)(H,33,35)(H,36,37)(H2,30,31,32)/t19-/m0/s1. The van der Waals surface area contributed by atoms with Crippen molar-refractivity contribution in [1.29, 1.82) is 0 Å². The summed E-state index contributed by atoms with van der Waals surface area (Å²) in [6, 6.07) is 6.10. The lowest BCUT2D eigenvalue weighted by Gasteiger charge is -2.21. The predicted molar refractivity (Wildman–Crippen MR) is 137 cm³/mol. The fourth-order valence-electron chi connectivity index (χ4n) is 3.59. The summed E-state index contributed by atoms with van der Waals surface area (Å²) in [5.74, 6) is -2.83. The molecule has 1 heterocycles. The lowest BCUT2D eigenvalue weighted by molar-refractivity contribution is -0.274. The largest absolute Gasteiger partial charge is 0.573 e. The van der Waals surface area contributed by atoms with Gasteiger partial charge >= 0.3 is 12.3 Å². The monoisotopic (exact) mass is 615 g/mol. The minimum absolute atomic E-state index is 0.0260. The third-order valence-corrected chi connectivity index (χ3v) is 5.73. The number of nitrogens with one attached hydrogen (secondary N) is 4. The van der Waals surface area contributed by atoms with Crippen LogP contribution in [0.15, 0.2) is 45.9 Å². The molecule has 2 amide bonds. The second-order valence-electron chi connectivity index (χ2n) is 8.74. The van der Waals surface area contributed by atoms with E-state index in [4.69, 9.17) is 0 Å². The van der Waals surface area contributed by atoms with Crippen LogP contribution < -0.4 is 26.0 Å². The van der Waals surface area contributed by atoms with Gasteiger partial charge < -0.3 is 36.2 Å². The van der Waals surface area contributed by atoms with Crippen LogP contribution in [0.25, 0.3) is 0 Å². The number of carboxylic acid groups (broad SMARTS) is 1. The normalized spacial score (nSPS) is 15.8. The third-order valence-electron chi connectivity index (χ3n) is 5.27. The minimum atomic E-state index is -4.98. The number of anilines is 1. The van der Waals surface area contributed by atoms with Crippen LogP contribution in [-0.4, -0.2) is 60.0 Å². The van der Waals surface area contributed by atoms with E-state index < -0.39 is 48.9 Å². The summed E-state index contributed by atoms with van der Waals surface area (Å²) in [5.41, 5.74) is 0.430. The number of carbonyl (C=O) groups is 3. The van der Waals surface area contributed by atoms with Gasteiger partial charge in [-0.05, 0) is 41.8 Å². The van der Waals surface area contributed by atoms with Crippen molar-refractivity contribution >= 4 is 45.4 Å². The number of carbonyl (C=O) groups excluding carboxylic acids is 2. The van der Waals surface area contributed by atoms with Crippen molar-refractivity contribution in [2.24, 2.45) is 10.9 Å². The highest BCUT2D eigenvalue weighted by atomic mass is 79.9. The number of alkyl halides is 3. The molecular weight excluding hydrogens is 591 g/mol. The quantitative estimate of drug-likeness (QED) is 0.251. The molecule has 11 nitrogen and oxygen atoms in total. The van der Waals surface area contributed by atoms with E-state index in [0.29, 0.717) is 30.7 Å². The smallest absolute Gasteiger partial charge is 0.508 e. The Bertz CT molecular complexity index is 1270. The summed E-state index contributed by atoms with van der Waals surface area (Å²) in [6.45, 7) is 2.75. The molecule has 39 heavy (non-hydrogen) atoms. The van der Waals surface area contributed by atoms with Gasteiger partial charge in [0.15, 0.2) is 5.96 Å². The maximum absolute atomic E-state index is 12.7. The Labute approximate surface area is 229 Å². The first-order chi connectivity index (χ1) is 18.3. The number of amides is 2. The molecule has 0 aromatic heterocycles. The molecule has 2 atom stereocenters. The number of rotatable bonds is 9. The number of nitrogens with zero attached hydrogens (tertiary/aromatic N) is 1. The number of aromatic hydroxyl groups is 1. The second kappa shape index (κ2) is 12.7. The van der Waals surface area contributed by atoms with Crippen LogP contribution in [0.2, 0.25) is 0 Å². The number of aliphatic carboxylic acids is 1. The summed E-state index contributed by atoms with van der Waals surface area (Å²) in [6.07, 6.45) is -5.63. The van der Waals surface area contributed by atoms with E-state index in [1.165, 1.54) is 24.3 Å². The molecule has 1 aliphatic heterocycles. The van der Waals surface area contributed by atoms with Crippen molar-refractivity contribution in [3.05, 3.63) is 52.0 Å². The van der Waals surface area contributed by atoms with Crippen LogP contribution in [0.3, 0.4) is 0 Å². The fourth-order valence-corrected chi connectivity index (χ4v) is 4.08. The molecule has 0 fully saturated rings. The number of aliphatic imine (C=N–C) groups is 1. The Morgan fingerprint density at radius 1 is 1.21 bits per heavy atom. The molecule has 2 aromatic rings. The molecule has 0 radical (unpaired) electrons. The first kappa shape index (κ1) is 29.5. The van der Waals surface area contributed by atoms with Gasteiger partial charge in [0.25, 0.3) is 5.91 Å². The number of carboxylic acids is 1. The van der Waals surface area contributed by atoms with Gasteiger partial charge in [-0.2, -0.15) is 0 Å². The summed E-state index contributed by atoms with van der Waals surface area (Å²) >= 11 is 3.04. The first-order valence-corrected chi connectivity index (χ1v) is 12.3. The maximum atomic E-state index is 12.7. The van der Waals surface area contributed by atoms with Crippen LogP contribution in [0.5, 0.6) is 11.5 Å². The van der Waals surface area contributed by atoms with Gasteiger partial charge in [-0.25, -0.2) is 0 Å². The average molecular weight is 616 g/mol. The zero-order chi connectivity index (χ0) is 28.7. The van der Waals surface area contributed by atoms with Crippen molar-refractivity contribution in [3.8, 4) is 11.5 Å². The molecule has 0 aliphatic carbocycles. The zero-order valence-electron chi connectivity index (χ0n) is 20.4. The van der Waals surface area contributed by atoms with Crippen molar-refractivity contribution < 1.29 is 42.5 Å². The van der Waals surface area contributed by atoms with Crippen molar-refractivity contribution in [1.82, 2.24) is 16.0 Å². The Balaban J connectivity index is 1.66. The van der Waals surface area contributed by atoms with Crippen LogP contribution in [0.1, 0.15) is 35.3 Å². The molecule has 0 saturated carbocycles. The van der Waals surface area contributed by atoms with E-state index in [1.807, 2.05) is 6.92 Å². The van der Waals surface area contributed by atoms with Gasteiger partial charge in [0.1, 0.15) is 11.5 Å². The van der Waals surface area contributed by atoms with Crippen LogP contribution in [0.4, 0.5) is 18.9 Å². The Kier molecular flexibility index (Phi) is 9.61. The number of ether oxygens (including phenoxy) is 1. The van der Waals surface area contributed by atoms with Crippen LogP contribution in [0, 0.1) is 5.92 Å². The van der Waals surface area contributed by atoms with E-state index in [0.717, 1.165) is 12.1 Å². The molecule has 0 saturated heterocycles. The van der Waals surface area contributed by atoms with E-state index >= 15 is 0 Å². The molecule has 15 heteroatoms. The first-order valence-electron chi connectivity index (χ1n) is 11.5. The number of benzene rings is 2. The highest BCUT2D eigenvalue weighted by molar-refractivity contribution is 9.10. The molecule has 2 aromatic carbocycles. The molecular formula is C24H25BrF3N5O6. The topological polar surface area (TPSA) is 161 Å². The molecule has 1 aliphatic rings. The van der Waals surface area contributed by atoms with Crippen molar-refractivity contribution in [2.75, 3.05) is 25.0 Å². The fraction of sp³-hybridized carbons (Fsp3) is 0.333. The third kappa shape index (κ3) is 9.67. The Hall–Kier alpha value is -4.01. The van der Waals surface area contributed by atoms with Gasteiger partial charge in [0.2, 0.25) is 5.91 Å². The molecule has 0 spiro atoms. The Morgan fingerprint density at radius 2 is 1.95 bits per heavy atom. The minimum Gasteiger partial charge on any atom is -0.508 e. The highest BCUT2D eigenvalue weighted by Crippen LogP contribution is 2.30. The summed E-state index contributed by atoms with van der Waals surface area (Å²) in [4.78, 5) is 40.9. The average Bonchev–Trinajstić information content (AvgIpc) is 2.81. The highest BCUT2D eigenvalue weighted by Gasteiger charge is 2.32. The van der Waals surface area contributed by atoms with E-state index in [9.17, 15) is 37.8 Å². The van der Waals surface area contributed by atoms with Crippen LogP contribution >= 0.6 is 15.9 Å². The summed E-state index contributed by atoms with van der Waals surface area (Å²) in [7, 11) is 0. The van der Waals surface area contributed by atoms with Gasteiger partial charge in [0.05, 0.1) is 19.0 Å². The number of guanidine groups is 1. The Morgan fingerprint density at radius 3 is 2.59 bits per heavy atom. The van der Waals surface area contributed by atoms with Crippen LogP contribution in [-0.2, 0) is 9.59 Å².